The molecule has 0 amide bonds. The molecule has 5 heteroatoms. The van der Waals surface area contributed by atoms with Gasteiger partial charge < -0.3 is 10.1 Å². The van der Waals surface area contributed by atoms with Crippen molar-refractivity contribution in [1.29, 1.82) is 0 Å². The summed E-state index contributed by atoms with van der Waals surface area (Å²) in [6.07, 6.45) is 11.1. The van der Waals surface area contributed by atoms with E-state index in [1.54, 1.807) is 0 Å². The third-order valence-corrected chi connectivity index (χ3v) is 6.32. The molecule has 1 N–H and O–H groups in total. The lowest BCUT2D eigenvalue weighted by molar-refractivity contribution is -0.112. The van der Waals surface area contributed by atoms with Gasteiger partial charge in [0.15, 0.2) is 5.78 Å². The Morgan fingerprint density at radius 1 is 1.10 bits per heavy atom. The van der Waals surface area contributed by atoms with Crippen molar-refractivity contribution in [2.24, 2.45) is 0 Å². The van der Waals surface area contributed by atoms with Crippen molar-refractivity contribution in [3.05, 3.63) is 82.3 Å². The van der Waals surface area contributed by atoms with Crippen LogP contribution >= 0.6 is 0 Å². The highest BCUT2D eigenvalue weighted by atomic mass is 16.5. The maximum atomic E-state index is 12.9. The lowest BCUT2D eigenvalue weighted by Crippen LogP contribution is -2.20. The molecular weight excluding hydrogens is 386 g/mol. The predicted octanol–water partition coefficient (Wildman–Crippen LogP) is 4.40. The molecule has 0 fully saturated rings. The zero-order chi connectivity index (χ0) is 20.9. The van der Waals surface area contributed by atoms with Crippen LogP contribution in [-0.2, 0) is 17.6 Å². The number of hydrogen-bond acceptors (Lipinski definition) is 5. The highest BCUT2D eigenvalue weighted by Crippen LogP contribution is 2.39. The number of ketones is 1. The van der Waals surface area contributed by atoms with Gasteiger partial charge in [0.05, 0.1) is 0 Å². The first-order valence-corrected chi connectivity index (χ1v) is 10.6. The summed E-state index contributed by atoms with van der Waals surface area (Å²) in [6.45, 7) is 3.49. The summed E-state index contributed by atoms with van der Waals surface area (Å²) in [5, 5.41) is 3.40. The van der Waals surface area contributed by atoms with Crippen LogP contribution in [0.1, 0.15) is 27.8 Å². The Kier molecular flexibility index (Phi) is 4.03. The smallest absolute Gasteiger partial charge is 0.237 e. The molecule has 31 heavy (non-hydrogen) atoms. The predicted molar refractivity (Wildman–Crippen MR) is 121 cm³/mol. The number of carbonyl (C=O) groups excluding carboxylic acids is 1. The fraction of sp³-hybridized carbons (Fsp3) is 0.192. The van der Waals surface area contributed by atoms with Gasteiger partial charge in [0.2, 0.25) is 5.88 Å². The van der Waals surface area contributed by atoms with Gasteiger partial charge in [0.1, 0.15) is 12.3 Å². The van der Waals surface area contributed by atoms with Crippen molar-refractivity contribution in [1.82, 2.24) is 9.97 Å². The molecule has 3 aliphatic rings. The van der Waals surface area contributed by atoms with E-state index in [1.807, 2.05) is 24.7 Å². The average Bonchev–Trinajstić information content (AvgIpc) is 3.34. The number of rotatable bonds is 2. The molecule has 6 rings (SSSR count). The lowest BCUT2D eigenvalue weighted by atomic mass is 9.96. The summed E-state index contributed by atoms with van der Waals surface area (Å²) in [4.78, 5) is 21.6. The number of pyridine rings is 2. The first kappa shape index (κ1) is 18.1. The molecule has 2 aromatic heterocycles. The van der Waals surface area contributed by atoms with Crippen LogP contribution in [0.2, 0.25) is 0 Å². The standard InChI is InChI=1S/C26H21N3O2/c1-15-23(14-29-26-25(15)28-6-7-31-26)18-2-3-19-12-24(30)22(21(19)11-18)10-16-8-17-4-5-27-13-20(17)9-16/h2-5,8,10-11,13-14,28H,6-7,9,12H2,1H3/b22-10-. The highest BCUT2D eigenvalue weighted by molar-refractivity contribution is 6.26. The van der Waals surface area contributed by atoms with Crippen LogP contribution in [0.4, 0.5) is 5.69 Å². The number of nitrogens with zero attached hydrogens (tertiary/aromatic N) is 2. The van der Waals surface area contributed by atoms with E-state index in [9.17, 15) is 4.79 Å². The van der Waals surface area contributed by atoms with Crippen molar-refractivity contribution >= 4 is 23.1 Å². The van der Waals surface area contributed by atoms with E-state index in [0.29, 0.717) is 18.9 Å². The van der Waals surface area contributed by atoms with Crippen molar-refractivity contribution in [3.8, 4) is 17.0 Å². The normalized spacial score (nSPS) is 17.5. The summed E-state index contributed by atoms with van der Waals surface area (Å²) in [7, 11) is 0. The van der Waals surface area contributed by atoms with Gasteiger partial charge in [-0.05, 0) is 70.5 Å². The molecule has 3 heterocycles. The van der Waals surface area contributed by atoms with Crippen LogP contribution < -0.4 is 10.1 Å². The van der Waals surface area contributed by atoms with Gasteiger partial charge >= 0.3 is 0 Å². The van der Waals surface area contributed by atoms with Crippen molar-refractivity contribution in [3.63, 3.8) is 0 Å². The first-order valence-electron chi connectivity index (χ1n) is 10.6. The molecule has 0 saturated heterocycles. The maximum absolute atomic E-state index is 12.9. The number of allylic oxidation sites excluding steroid dienone is 3. The average molecular weight is 407 g/mol. The highest BCUT2D eigenvalue weighted by Gasteiger charge is 2.26. The Hall–Kier alpha value is -3.73. The number of aromatic nitrogens is 2. The van der Waals surface area contributed by atoms with Crippen molar-refractivity contribution < 1.29 is 9.53 Å². The summed E-state index contributed by atoms with van der Waals surface area (Å²) in [5.41, 5.74) is 10.6. The first-order chi connectivity index (χ1) is 15.2. The third kappa shape index (κ3) is 2.96. The number of anilines is 1. The number of nitrogens with one attached hydrogen (secondary N) is 1. The summed E-state index contributed by atoms with van der Waals surface area (Å²) in [6, 6.07) is 8.32. The van der Waals surface area contributed by atoms with Gasteiger partial charge in [-0.3, -0.25) is 9.78 Å². The van der Waals surface area contributed by atoms with E-state index >= 15 is 0 Å². The molecule has 2 aliphatic carbocycles. The number of Topliss-reactive ketones (excluding diaryl/α,β-unsaturated/α-hetero) is 1. The van der Waals surface area contributed by atoms with Gasteiger partial charge in [-0.1, -0.05) is 18.2 Å². The zero-order valence-corrected chi connectivity index (χ0v) is 17.2. The zero-order valence-electron chi connectivity index (χ0n) is 17.2. The summed E-state index contributed by atoms with van der Waals surface area (Å²) >= 11 is 0. The van der Waals surface area contributed by atoms with Crippen LogP contribution in [0, 0.1) is 6.92 Å². The minimum Gasteiger partial charge on any atom is -0.474 e. The number of benzene rings is 1. The molecule has 3 aromatic rings. The number of hydrogen-bond donors (Lipinski definition) is 1. The molecule has 152 valence electrons. The Morgan fingerprint density at radius 3 is 2.94 bits per heavy atom. The van der Waals surface area contributed by atoms with Crippen LogP contribution in [0.3, 0.4) is 0 Å². The quantitative estimate of drug-likeness (QED) is 0.638. The molecule has 0 saturated carbocycles. The Morgan fingerprint density at radius 2 is 2.03 bits per heavy atom. The van der Waals surface area contributed by atoms with Gasteiger partial charge in [-0.25, -0.2) is 4.98 Å². The minimum atomic E-state index is 0.178. The SMILES string of the molecule is Cc1c(-c2ccc3c(c2)/C(=C/C2=Cc4ccncc4C2)C(=O)C3)cnc2c1NCCO2. The second-order valence-electron chi connectivity index (χ2n) is 8.25. The molecule has 0 radical (unpaired) electrons. The Labute approximate surface area is 180 Å². The van der Waals surface area contributed by atoms with E-state index in [2.05, 4.69) is 52.6 Å². The Balaban J connectivity index is 1.40. The van der Waals surface area contributed by atoms with Gasteiger partial charge in [-0.15, -0.1) is 0 Å². The maximum Gasteiger partial charge on any atom is 0.237 e. The minimum absolute atomic E-state index is 0.178. The second-order valence-corrected chi connectivity index (χ2v) is 8.25. The van der Waals surface area contributed by atoms with Crippen LogP contribution in [-0.4, -0.2) is 28.9 Å². The van der Waals surface area contributed by atoms with Crippen LogP contribution in [0.5, 0.6) is 5.88 Å². The molecular formula is C26H21N3O2. The molecule has 0 bridgehead atoms. The van der Waals surface area contributed by atoms with Crippen LogP contribution in [0.15, 0.2) is 54.5 Å². The molecule has 5 nitrogen and oxygen atoms in total. The van der Waals surface area contributed by atoms with E-state index < -0.39 is 0 Å². The number of fused-ring (bicyclic) bond motifs is 3. The molecule has 1 aliphatic heterocycles. The van der Waals surface area contributed by atoms with E-state index in [4.69, 9.17) is 4.74 Å². The van der Waals surface area contributed by atoms with Crippen molar-refractivity contribution in [2.75, 3.05) is 18.5 Å². The monoisotopic (exact) mass is 407 g/mol. The second kappa shape index (κ2) is 6.91. The summed E-state index contributed by atoms with van der Waals surface area (Å²) in [5.74, 6) is 0.837. The van der Waals surface area contributed by atoms with Gasteiger partial charge in [0.25, 0.3) is 0 Å². The summed E-state index contributed by atoms with van der Waals surface area (Å²) < 4.78 is 5.66. The fourth-order valence-electron chi connectivity index (χ4n) is 4.71. The fourth-order valence-corrected chi connectivity index (χ4v) is 4.71. The Bertz CT molecular complexity index is 1320. The third-order valence-electron chi connectivity index (χ3n) is 6.32. The van der Waals surface area contributed by atoms with E-state index in [-0.39, 0.29) is 5.78 Å². The molecule has 0 spiro atoms. The van der Waals surface area contributed by atoms with Crippen LogP contribution in [0.25, 0.3) is 22.8 Å². The number of ether oxygens (including phenoxy) is 1. The largest absolute Gasteiger partial charge is 0.474 e. The van der Waals surface area contributed by atoms with Crippen molar-refractivity contribution in [2.45, 2.75) is 19.8 Å². The molecule has 0 atom stereocenters. The van der Waals surface area contributed by atoms with Gasteiger partial charge in [0, 0.05) is 42.7 Å². The molecule has 0 unspecified atom stereocenters. The number of carbonyl (C=O) groups is 1. The topological polar surface area (TPSA) is 64.1 Å². The van der Waals surface area contributed by atoms with Gasteiger partial charge in [-0.2, -0.15) is 0 Å². The molecule has 1 aromatic carbocycles. The lowest BCUT2D eigenvalue weighted by Gasteiger charge is -2.21. The van der Waals surface area contributed by atoms with E-state index in [1.165, 1.54) is 11.1 Å². The van der Waals surface area contributed by atoms with E-state index in [0.717, 1.165) is 57.6 Å².